The van der Waals surface area contributed by atoms with Crippen molar-refractivity contribution < 1.29 is 9.90 Å². The third-order valence-electron chi connectivity index (χ3n) is 1.41. The molecule has 6 heteroatoms. The van der Waals surface area contributed by atoms with Crippen LogP contribution >= 0.6 is 34.8 Å². The molecule has 2 N–H and O–H groups in total. The standard InChI is InChI=1S/C8H6Cl3NO2/c9-4-1-2-6(13)5(3-4)12-8(14)7(10)11/h1-3,7,13H,(H,12,14). The van der Waals surface area contributed by atoms with Crippen LogP contribution < -0.4 is 5.32 Å². The van der Waals surface area contributed by atoms with Gasteiger partial charge in [0.25, 0.3) is 5.91 Å². The molecule has 0 heterocycles. The molecule has 0 atom stereocenters. The molecule has 1 aromatic rings. The number of nitrogens with one attached hydrogen (secondary N) is 1. The average Bonchev–Trinajstić information content (AvgIpc) is 2.11. The summed E-state index contributed by atoms with van der Waals surface area (Å²) in [5.74, 6) is -0.720. The van der Waals surface area contributed by atoms with Crippen LogP contribution in [0.3, 0.4) is 0 Å². The summed E-state index contributed by atoms with van der Waals surface area (Å²) >= 11 is 16.3. The lowest BCUT2D eigenvalue weighted by molar-refractivity contribution is -0.114. The van der Waals surface area contributed by atoms with E-state index in [1.807, 2.05) is 0 Å². The number of hydrogen-bond donors (Lipinski definition) is 2. The van der Waals surface area contributed by atoms with E-state index in [-0.39, 0.29) is 11.4 Å². The Bertz CT molecular complexity index is 354. The van der Waals surface area contributed by atoms with Gasteiger partial charge in [-0.1, -0.05) is 34.8 Å². The van der Waals surface area contributed by atoms with Crippen LogP contribution in [0.25, 0.3) is 0 Å². The summed E-state index contributed by atoms with van der Waals surface area (Å²) in [5.41, 5.74) is 0.175. The number of amides is 1. The van der Waals surface area contributed by atoms with Crippen LogP contribution in [0.2, 0.25) is 5.02 Å². The van der Waals surface area contributed by atoms with Crippen molar-refractivity contribution in [1.82, 2.24) is 0 Å². The van der Waals surface area contributed by atoms with E-state index in [4.69, 9.17) is 34.8 Å². The molecule has 0 spiro atoms. The maximum absolute atomic E-state index is 11.0. The van der Waals surface area contributed by atoms with Crippen molar-refractivity contribution in [3.8, 4) is 5.75 Å². The molecular weight excluding hydrogens is 248 g/mol. The molecule has 0 bridgehead atoms. The Hall–Kier alpha value is -0.640. The number of hydrogen-bond acceptors (Lipinski definition) is 2. The first-order valence-corrected chi connectivity index (χ1v) is 4.83. The molecule has 0 aliphatic carbocycles. The van der Waals surface area contributed by atoms with Crippen LogP contribution in [0.1, 0.15) is 0 Å². The SMILES string of the molecule is O=C(Nc1cc(Cl)ccc1O)C(Cl)Cl. The molecule has 0 unspecified atom stereocenters. The molecule has 0 aromatic heterocycles. The lowest BCUT2D eigenvalue weighted by Gasteiger charge is -2.07. The lowest BCUT2D eigenvalue weighted by Crippen LogP contribution is -2.18. The van der Waals surface area contributed by atoms with Gasteiger partial charge in [0, 0.05) is 5.02 Å². The first kappa shape index (κ1) is 11.4. The predicted octanol–water partition coefficient (Wildman–Crippen LogP) is 2.79. The van der Waals surface area contributed by atoms with Gasteiger partial charge in [0.15, 0.2) is 4.84 Å². The fourth-order valence-electron chi connectivity index (χ4n) is 0.796. The molecule has 0 saturated heterocycles. The summed E-state index contributed by atoms with van der Waals surface area (Å²) in [6.07, 6.45) is 0. The van der Waals surface area contributed by atoms with Crippen LogP contribution in [-0.4, -0.2) is 15.8 Å². The Morgan fingerprint density at radius 1 is 1.43 bits per heavy atom. The lowest BCUT2D eigenvalue weighted by atomic mass is 10.3. The molecule has 0 radical (unpaired) electrons. The number of anilines is 1. The van der Waals surface area contributed by atoms with E-state index < -0.39 is 10.7 Å². The minimum Gasteiger partial charge on any atom is -0.506 e. The van der Waals surface area contributed by atoms with Crippen molar-refractivity contribution >= 4 is 46.4 Å². The molecule has 1 aromatic carbocycles. The number of rotatable bonds is 2. The molecule has 1 amide bonds. The van der Waals surface area contributed by atoms with Crippen molar-refractivity contribution in [2.75, 3.05) is 5.32 Å². The van der Waals surface area contributed by atoms with Gasteiger partial charge in [-0.2, -0.15) is 0 Å². The number of phenolic OH excluding ortho intramolecular Hbond substituents is 1. The van der Waals surface area contributed by atoms with E-state index in [2.05, 4.69) is 5.32 Å². The van der Waals surface area contributed by atoms with E-state index in [1.165, 1.54) is 18.2 Å². The Labute approximate surface area is 95.6 Å². The Morgan fingerprint density at radius 3 is 2.64 bits per heavy atom. The monoisotopic (exact) mass is 253 g/mol. The van der Waals surface area contributed by atoms with Gasteiger partial charge in [-0.25, -0.2) is 0 Å². The van der Waals surface area contributed by atoms with Crippen molar-refractivity contribution in [3.05, 3.63) is 23.2 Å². The highest BCUT2D eigenvalue weighted by molar-refractivity contribution is 6.54. The third-order valence-corrected chi connectivity index (χ3v) is 2.05. The van der Waals surface area contributed by atoms with E-state index in [0.717, 1.165) is 0 Å². The van der Waals surface area contributed by atoms with Crippen molar-refractivity contribution in [1.29, 1.82) is 0 Å². The number of benzene rings is 1. The second-order valence-corrected chi connectivity index (χ2v) is 3.98. The molecule has 0 fully saturated rings. The topological polar surface area (TPSA) is 49.3 Å². The Kier molecular flexibility index (Phi) is 3.86. The summed E-state index contributed by atoms with van der Waals surface area (Å²) in [7, 11) is 0. The maximum Gasteiger partial charge on any atom is 0.257 e. The number of alkyl halides is 2. The summed E-state index contributed by atoms with van der Waals surface area (Å²) in [4.78, 5) is 9.86. The molecule has 0 aliphatic rings. The first-order chi connectivity index (χ1) is 6.50. The number of carbonyl (C=O) groups excluding carboxylic acids is 1. The van der Waals surface area contributed by atoms with Gasteiger partial charge in [-0.05, 0) is 18.2 Å². The van der Waals surface area contributed by atoms with Crippen molar-refractivity contribution in [3.63, 3.8) is 0 Å². The van der Waals surface area contributed by atoms with E-state index >= 15 is 0 Å². The van der Waals surface area contributed by atoms with Gasteiger partial charge in [0.1, 0.15) is 5.75 Å². The average molecular weight is 254 g/mol. The molecule has 14 heavy (non-hydrogen) atoms. The van der Waals surface area contributed by atoms with Crippen LogP contribution in [0.4, 0.5) is 5.69 Å². The Morgan fingerprint density at radius 2 is 2.07 bits per heavy atom. The zero-order chi connectivity index (χ0) is 10.7. The van der Waals surface area contributed by atoms with Crippen LogP contribution in [0.15, 0.2) is 18.2 Å². The maximum atomic E-state index is 11.0. The molecular formula is C8H6Cl3NO2. The van der Waals surface area contributed by atoms with Crippen LogP contribution in [-0.2, 0) is 4.79 Å². The van der Waals surface area contributed by atoms with Gasteiger partial charge in [-0.3, -0.25) is 4.79 Å². The summed E-state index contributed by atoms with van der Waals surface area (Å²) in [6.45, 7) is 0. The Balaban J connectivity index is 2.86. The fraction of sp³-hybridized carbons (Fsp3) is 0.125. The zero-order valence-electron chi connectivity index (χ0n) is 6.80. The molecule has 3 nitrogen and oxygen atoms in total. The van der Waals surface area contributed by atoms with E-state index in [0.29, 0.717) is 5.02 Å². The van der Waals surface area contributed by atoms with Gasteiger partial charge in [0.05, 0.1) is 5.69 Å². The van der Waals surface area contributed by atoms with Gasteiger partial charge in [-0.15, -0.1) is 0 Å². The number of halogens is 3. The smallest absolute Gasteiger partial charge is 0.257 e. The van der Waals surface area contributed by atoms with Gasteiger partial charge < -0.3 is 10.4 Å². The third kappa shape index (κ3) is 2.94. The number of carbonyl (C=O) groups is 1. The number of aromatic hydroxyl groups is 1. The summed E-state index contributed by atoms with van der Waals surface area (Å²) < 4.78 is 0. The second kappa shape index (κ2) is 4.73. The second-order valence-electron chi connectivity index (χ2n) is 2.45. The van der Waals surface area contributed by atoms with Crippen LogP contribution in [0.5, 0.6) is 5.75 Å². The van der Waals surface area contributed by atoms with Gasteiger partial charge >= 0.3 is 0 Å². The van der Waals surface area contributed by atoms with Gasteiger partial charge in [0.2, 0.25) is 0 Å². The molecule has 1 rings (SSSR count). The van der Waals surface area contributed by atoms with E-state index in [1.54, 1.807) is 0 Å². The summed E-state index contributed by atoms with van der Waals surface area (Å²) in [5, 5.41) is 12.0. The highest BCUT2D eigenvalue weighted by Crippen LogP contribution is 2.26. The molecule has 0 saturated carbocycles. The first-order valence-electron chi connectivity index (χ1n) is 3.58. The zero-order valence-corrected chi connectivity index (χ0v) is 9.07. The largest absolute Gasteiger partial charge is 0.506 e. The fourth-order valence-corrected chi connectivity index (χ4v) is 1.08. The quantitative estimate of drug-likeness (QED) is 0.630. The highest BCUT2D eigenvalue weighted by atomic mass is 35.5. The minimum absolute atomic E-state index is 0.100. The van der Waals surface area contributed by atoms with Crippen LogP contribution in [0, 0.1) is 0 Å². The summed E-state index contributed by atoms with van der Waals surface area (Å²) in [6, 6.07) is 4.24. The van der Waals surface area contributed by atoms with Crippen molar-refractivity contribution in [2.45, 2.75) is 4.84 Å². The molecule has 0 aliphatic heterocycles. The normalized spacial score (nSPS) is 10.3. The van der Waals surface area contributed by atoms with Crippen molar-refractivity contribution in [2.24, 2.45) is 0 Å². The predicted molar refractivity (Wildman–Crippen MR) is 57.2 cm³/mol. The van der Waals surface area contributed by atoms with E-state index in [9.17, 15) is 9.90 Å². The molecule has 76 valence electrons. The number of phenols is 1. The minimum atomic E-state index is -1.19. The highest BCUT2D eigenvalue weighted by Gasteiger charge is 2.13.